The van der Waals surface area contributed by atoms with Gasteiger partial charge in [0.15, 0.2) is 5.52 Å². The van der Waals surface area contributed by atoms with Crippen LogP contribution < -0.4 is 11.2 Å². The molecule has 8 nitrogen and oxygen atoms in total. The van der Waals surface area contributed by atoms with Crippen molar-refractivity contribution in [2.75, 3.05) is 0 Å². The Morgan fingerprint density at radius 2 is 1.86 bits per heavy atom. The van der Waals surface area contributed by atoms with Crippen LogP contribution in [0.3, 0.4) is 0 Å². The molecule has 0 unspecified atom stereocenters. The maximum absolute atomic E-state index is 12.3. The van der Waals surface area contributed by atoms with E-state index in [2.05, 4.69) is 4.98 Å². The lowest BCUT2D eigenvalue weighted by Gasteiger charge is -2.14. The number of aliphatic carboxylic acids is 1. The van der Waals surface area contributed by atoms with Crippen molar-refractivity contribution in [2.45, 2.75) is 39.2 Å². The first-order valence-corrected chi connectivity index (χ1v) is 7.14. The van der Waals surface area contributed by atoms with Gasteiger partial charge in [-0.1, -0.05) is 0 Å². The van der Waals surface area contributed by atoms with Gasteiger partial charge in [-0.05, 0) is 20.3 Å². The molecule has 0 radical (unpaired) electrons. The summed E-state index contributed by atoms with van der Waals surface area (Å²) in [5, 5.41) is 8.74. The van der Waals surface area contributed by atoms with E-state index in [4.69, 9.17) is 5.11 Å². The van der Waals surface area contributed by atoms with Crippen molar-refractivity contribution in [3.8, 4) is 0 Å². The monoisotopic (exact) mass is 308 g/mol. The van der Waals surface area contributed by atoms with Crippen LogP contribution in [0.4, 0.5) is 0 Å². The fourth-order valence-corrected chi connectivity index (χ4v) is 2.61. The predicted octanol–water partition coefficient (Wildman–Crippen LogP) is 0.422. The summed E-state index contributed by atoms with van der Waals surface area (Å²) < 4.78 is 4.27. The molecule has 2 aromatic heterocycles. The van der Waals surface area contributed by atoms with Gasteiger partial charge < -0.3 is 9.67 Å². The van der Waals surface area contributed by atoms with Gasteiger partial charge in [-0.15, -0.1) is 0 Å². The largest absolute Gasteiger partial charge is 0.481 e. The van der Waals surface area contributed by atoms with Crippen LogP contribution >= 0.6 is 0 Å². The third-order valence-electron chi connectivity index (χ3n) is 3.67. The van der Waals surface area contributed by atoms with Crippen LogP contribution in [0.15, 0.2) is 9.59 Å². The van der Waals surface area contributed by atoms with E-state index in [1.807, 2.05) is 18.4 Å². The number of aromatic nitrogens is 4. The van der Waals surface area contributed by atoms with Gasteiger partial charge in [0, 0.05) is 33.0 Å². The molecule has 8 heteroatoms. The minimum Gasteiger partial charge on any atom is -0.481 e. The van der Waals surface area contributed by atoms with Crippen LogP contribution in [0.25, 0.3) is 11.2 Å². The summed E-state index contributed by atoms with van der Waals surface area (Å²) in [7, 11) is 3.02. The minimum absolute atomic E-state index is 0.00235. The topological polar surface area (TPSA) is 99.1 Å². The normalized spacial score (nSPS) is 11.5. The molecular formula is C14H20N4O4. The molecular weight excluding hydrogens is 288 g/mol. The van der Waals surface area contributed by atoms with Gasteiger partial charge in [0.25, 0.3) is 5.56 Å². The maximum Gasteiger partial charge on any atom is 0.332 e. The first kappa shape index (κ1) is 16.0. The molecule has 0 bridgehead atoms. The summed E-state index contributed by atoms with van der Waals surface area (Å²) >= 11 is 0. The summed E-state index contributed by atoms with van der Waals surface area (Å²) in [6.07, 6.45) is 0.911. The zero-order valence-corrected chi connectivity index (χ0v) is 13.2. The van der Waals surface area contributed by atoms with Crippen LogP contribution in [0.5, 0.6) is 0 Å². The summed E-state index contributed by atoms with van der Waals surface area (Å²) in [5.41, 5.74) is -0.120. The van der Waals surface area contributed by atoms with E-state index in [1.165, 1.54) is 11.6 Å². The molecule has 0 spiro atoms. The SMILES string of the molecule is CC(C)n1c(CCCC(=O)O)nc2c(=O)n(C)c(=O)n(C)c21. The maximum atomic E-state index is 12.3. The first-order chi connectivity index (χ1) is 10.3. The molecule has 0 atom stereocenters. The second-order valence-corrected chi connectivity index (χ2v) is 5.62. The Hall–Kier alpha value is -2.38. The molecule has 0 saturated heterocycles. The van der Waals surface area contributed by atoms with Gasteiger partial charge in [-0.25, -0.2) is 9.78 Å². The molecule has 2 heterocycles. The molecule has 0 aliphatic rings. The Balaban J connectivity index is 2.68. The zero-order chi connectivity index (χ0) is 16.6. The third kappa shape index (κ3) is 2.56. The van der Waals surface area contributed by atoms with Gasteiger partial charge >= 0.3 is 11.7 Å². The van der Waals surface area contributed by atoms with Gasteiger partial charge in [0.05, 0.1) is 0 Å². The lowest BCUT2D eigenvalue weighted by atomic mass is 10.2. The fourth-order valence-electron chi connectivity index (χ4n) is 2.61. The molecule has 0 aromatic carbocycles. The Labute approximate surface area is 126 Å². The number of carboxylic acids is 1. The summed E-state index contributed by atoms with van der Waals surface area (Å²) in [6.45, 7) is 3.87. The van der Waals surface area contributed by atoms with Gasteiger partial charge in [0.2, 0.25) is 0 Å². The summed E-state index contributed by atoms with van der Waals surface area (Å²) in [6, 6.07) is 0.00235. The van der Waals surface area contributed by atoms with E-state index in [0.29, 0.717) is 24.3 Å². The molecule has 0 amide bonds. The summed E-state index contributed by atoms with van der Waals surface area (Å²) in [4.78, 5) is 39.4. The zero-order valence-electron chi connectivity index (χ0n) is 13.2. The standard InChI is InChI=1S/C14H20N4O4/c1-8(2)18-9(6-5-7-10(19)20)15-11-12(18)16(3)14(22)17(4)13(11)21/h8H,5-7H2,1-4H3,(H,19,20). The van der Waals surface area contributed by atoms with Crippen LogP contribution in [0.1, 0.15) is 38.6 Å². The van der Waals surface area contributed by atoms with Crippen molar-refractivity contribution in [1.29, 1.82) is 0 Å². The van der Waals surface area contributed by atoms with Gasteiger partial charge in [-0.2, -0.15) is 0 Å². The van der Waals surface area contributed by atoms with Crippen LogP contribution in [-0.4, -0.2) is 29.8 Å². The minimum atomic E-state index is -0.865. The number of aryl methyl sites for hydroxylation is 2. The van der Waals surface area contributed by atoms with Crippen molar-refractivity contribution in [1.82, 2.24) is 18.7 Å². The molecule has 2 aromatic rings. The number of nitrogens with zero attached hydrogens (tertiary/aromatic N) is 4. The van der Waals surface area contributed by atoms with E-state index >= 15 is 0 Å². The molecule has 0 aliphatic heterocycles. The highest BCUT2D eigenvalue weighted by Crippen LogP contribution is 2.19. The van der Waals surface area contributed by atoms with E-state index in [-0.39, 0.29) is 18.0 Å². The molecule has 0 fully saturated rings. The predicted molar refractivity (Wildman–Crippen MR) is 81.2 cm³/mol. The number of imidazole rings is 1. The Kier molecular flexibility index (Phi) is 4.20. The molecule has 120 valence electrons. The van der Waals surface area contributed by atoms with E-state index in [9.17, 15) is 14.4 Å². The number of hydrogen-bond acceptors (Lipinski definition) is 4. The molecule has 2 rings (SSSR count). The molecule has 0 saturated carbocycles. The lowest BCUT2D eigenvalue weighted by Crippen LogP contribution is -2.37. The smallest absolute Gasteiger partial charge is 0.332 e. The molecule has 22 heavy (non-hydrogen) atoms. The fraction of sp³-hybridized carbons (Fsp3) is 0.571. The Morgan fingerprint density at radius 3 is 2.41 bits per heavy atom. The third-order valence-corrected chi connectivity index (χ3v) is 3.67. The molecule has 1 N–H and O–H groups in total. The second-order valence-electron chi connectivity index (χ2n) is 5.62. The molecule has 0 aliphatic carbocycles. The Morgan fingerprint density at radius 1 is 1.23 bits per heavy atom. The number of rotatable bonds is 5. The van der Waals surface area contributed by atoms with Crippen molar-refractivity contribution in [3.05, 3.63) is 26.7 Å². The van der Waals surface area contributed by atoms with E-state index in [1.54, 1.807) is 7.05 Å². The van der Waals surface area contributed by atoms with Crippen LogP contribution in [0.2, 0.25) is 0 Å². The second kappa shape index (κ2) is 5.78. The average molecular weight is 308 g/mol. The highest BCUT2D eigenvalue weighted by Gasteiger charge is 2.20. The highest BCUT2D eigenvalue weighted by molar-refractivity contribution is 5.71. The number of carboxylic acid groups (broad SMARTS) is 1. The first-order valence-electron chi connectivity index (χ1n) is 7.14. The van der Waals surface area contributed by atoms with Crippen LogP contribution in [0, 0.1) is 0 Å². The lowest BCUT2D eigenvalue weighted by molar-refractivity contribution is -0.137. The number of carbonyl (C=O) groups is 1. The number of hydrogen-bond donors (Lipinski definition) is 1. The highest BCUT2D eigenvalue weighted by atomic mass is 16.4. The van der Waals surface area contributed by atoms with Crippen LogP contribution in [-0.2, 0) is 25.3 Å². The van der Waals surface area contributed by atoms with Crippen molar-refractivity contribution < 1.29 is 9.90 Å². The van der Waals surface area contributed by atoms with E-state index in [0.717, 1.165) is 4.57 Å². The summed E-state index contributed by atoms with van der Waals surface area (Å²) in [5.74, 6) is -0.236. The van der Waals surface area contributed by atoms with Crippen molar-refractivity contribution in [3.63, 3.8) is 0 Å². The number of fused-ring (bicyclic) bond motifs is 1. The van der Waals surface area contributed by atoms with Crippen molar-refractivity contribution >= 4 is 17.1 Å². The van der Waals surface area contributed by atoms with Crippen molar-refractivity contribution in [2.24, 2.45) is 14.1 Å². The van der Waals surface area contributed by atoms with E-state index < -0.39 is 17.2 Å². The van der Waals surface area contributed by atoms with Gasteiger partial charge in [0.1, 0.15) is 11.5 Å². The average Bonchev–Trinajstić information content (AvgIpc) is 2.82. The quantitative estimate of drug-likeness (QED) is 0.863. The van der Waals surface area contributed by atoms with Gasteiger partial charge in [-0.3, -0.25) is 18.7 Å². The Bertz CT molecular complexity index is 841.